The van der Waals surface area contributed by atoms with Crippen molar-refractivity contribution in [1.82, 2.24) is 20.4 Å². The van der Waals surface area contributed by atoms with Gasteiger partial charge in [0.2, 0.25) is 0 Å². The molecule has 0 bridgehead atoms. The number of non-ortho nitro benzene ring substituents is 1. The summed E-state index contributed by atoms with van der Waals surface area (Å²) in [6, 6.07) is 10.2. The summed E-state index contributed by atoms with van der Waals surface area (Å²) < 4.78 is 6.44. The molecular formula is C19H18N6O5. The van der Waals surface area contributed by atoms with Crippen LogP contribution in [0.5, 0.6) is 11.5 Å². The predicted molar refractivity (Wildman–Crippen MR) is 107 cm³/mol. The van der Waals surface area contributed by atoms with E-state index in [0.29, 0.717) is 22.8 Å². The van der Waals surface area contributed by atoms with E-state index in [0.717, 1.165) is 0 Å². The third-order valence-corrected chi connectivity index (χ3v) is 4.29. The number of nitro benzene ring substituents is 1. The highest BCUT2D eigenvalue weighted by Crippen LogP contribution is 2.26. The van der Waals surface area contributed by atoms with Gasteiger partial charge in [-0.25, -0.2) is 10.1 Å². The molecule has 3 rings (SSSR count). The Balaban J connectivity index is 1.81. The van der Waals surface area contributed by atoms with Gasteiger partial charge in [-0.05, 0) is 38.1 Å². The molecule has 0 saturated carbocycles. The lowest BCUT2D eigenvalue weighted by Gasteiger charge is -2.06. The molecule has 0 spiro atoms. The zero-order valence-corrected chi connectivity index (χ0v) is 16.4. The topological polar surface area (TPSA) is 145 Å². The molecule has 11 nitrogen and oxygen atoms in total. The normalized spacial score (nSPS) is 11.2. The molecule has 0 unspecified atom stereocenters. The molecule has 0 atom stereocenters. The van der Waals surface area contributed by atoms with Crippen molar-refractivity contribution in [1.29, 1.82) is 0 Å². The molecule has 0 aliphatic carbocycles. The summed E-state index contributed by atoms with van der Waals surface area (Å²) in [6.07, 6.45) is 0. The van der Waals surface area contributed by atoms with Crippen LogP contribution in [0.4, 0.5) is 5.69 Å². The maximum absolute atomic E-state index is 12.3. The van der Waals surface area contributed by atoms with Crippen molar-refractivity contribution < 1.29 is 19.6 Å². The largest absolute Gasteiger partial charge is 0.504 e. The van der Waals surface area contributed by atoms with Gasteiger partial charge < -0.3 is 9.84 Å². The number of hydrogen-bond acceptors (Lipinski definition) is 8. The molecule has 0 fully saturated rings. The Morgan fingerprint density at radius 2 is 2.07 bits per heavy atom. The van der Waals surface area contributed by atoms with E-state index in [1.807, 2.05) is 0 Å². The number of hydrazone groups is 1. The molecule has 0 saturated heterocycles. The fourth-order valence-corrected chi connectivity index (χ4v) is 2.72. The van der Waals surface area contributed by atoms with Gasteiger partial charge in [-0.3, -0.25) is 14.9 Å². The number of phenolic OH excluding ortho intramolecular Hbond substituents is 1. The van der Waals surface area contributed by atoms with Crippen LogP contribution in [-0.4, -0.2) is 43.8 Å². The van der Waals surface area contributed by atoms with Gasteiger partial charge in [-0.2, -0.15) is 5.10 Å². The second-order valence-electron chi connectivity index (χ2n) is 6.24. The lowest BCUT2D eigenvalue weighted by atomic mass is 10.2. The van der Waals surface area contributed by atoms with Crippen molar-refractivity contribution in [2.75, 3.05) is 7.11 Å². The number of ether oxygens (including phenoxy) is 1. The van der Waals surface area contributed by atoms with Crippen LogP contribution in [0.15, 0.2) is 47.6 Å². The average Bonchev–Trinajstić information content (AvgIpc) is 3.13. The van der Waals surface area contributed by atoms with E-state index in [2.05, 4.69) is 20.8 Å². The highest BCUT2D eigenvalue weighted by molar-refractivity contribution is 6.00. The summed E-state index contributed by atoms with van der Waals surface area (Å²) in [5, 5.41) is 32.8. The number of nitrogens with zero attached hydrogens (tertiary/aromatic N) is 5. The number of carbonyl (C=O) groups is 1. The van der Waals surface area contributed by atoms with Gasteiger partial charge in [0.15, 0.2) is 11.5 Å². The number of carbonyl (C=O) groups excluding carboxylic acids is 1. The molecule has 2 N–H and O–H groups in total. The lowest BCUT2D eigenvalue weighted by molar-refractivity contribution is -0.384. The third-order valence-electron chi connectivity index (χ3n) is 4.29. The molecule has 1 aromatic heterocycles. The molecule has 0 radical (unpaired) electrons. The first-order valence-electron chi connectivity index (χ1n) is 8.71. The van der Waals surface area contributed by atoms with Crippen molar-refractivity contribution in [2.24, 2.45) is 5.10 Å². The summed E-state index contributed by atoms with van der Waals surface area (Å²) in [6.45, 7) is 3.38. The zero-order valence-electron chi connectivity index (χ0n) is 16.4. The third kappa shape index (κ3) is 4.09. The number of nitrogens with one attached hydrogen (secondary N) is 1. The Hall–Kier alpha value is -4.28. The number of amides is 1. The maximum atomic E-state index is 12.3. The van der Waals surface area contributed by atoms with E-state index in [-0.39, 0.29) is 22.7 Å². The summed E-state index contributed by atoms with van der Waals surface area (Å²) in [5.41, 5.74) is 4.49. The number of aromatic nitrogens is 3. The Kier molecular flexibility index (Phi) is 5.72. The lowest BCUT2D eigenvalue weighted by Crippen LogP contribution is -2.19. The average molecular weight is 410 g/mol. The van der Waals surface area contributed by atoms with Crippen LogP contribution >= 0.6 is 0 Å². The van der Waals surface area contributed by atoms with Gasteiger partial charge in [0.25, 0.3) is 11.6 Å². The molecule has 30 heavy (non-hydrogen) atoms. The number of nitro groups is 1. The van der Waals surface area contributed by atoms with Crippen molar-refractivity contribution >= 4 is 17.3 Å². The van der Waals surface area contributed by atoms with Crippen LogP contribution in [0.2, 0.25) is 0 Å². The number of phenols is 1. The van der Waals surface area contributed by atoms with Gasteiger partial charge in [0.1, 0.15) is 5.69 Å². The minimum Gasteiger partial charge on any atom is -0.504 e. The van der Waals surface area contributed by atoms with Gasteiger partial charge in [-0.15, -0.1) is 5.10 Å². The summed E-state index contributed by atoms with van der Waals surface area (Å²) in [5.74, 6) is -0.419. The van der Waals surface area contributed by atoms with Gasteiger partial charge in [-0.1, -0.05) is 11.3 Å². The van der Waals surface area contributed by atoms with Crippen molar-refractivity contribution in [3.8, 4) is 17.2 Å². The summed E-state index contributed by atoms with van der Waals surface area (Å²) in [7, 11) is 1.38. The predicted octanol–water partition coefficient (Wildman–Crippen LogP) is 2.35. The monoisotopic (exact) mass is 410 g/mol. The van der Waals surface area contributed by atoms with Crippen molar-refractivity contribution in [2.45, 2.75) is 13.8 Å². The molecule has 11 heteroatoms. The highest BCUT2D eigenvalue weighted by atomic mass is 16.6. The summed E-state index contributed by atoms with van der Waals surface area (Å²) in [4.78, 5) is 22.8. The second-order valence-corrected chi connectivity index (χ2v) is 6.24. The van der Waals surface area contributed by atoms with Crippen molar-refractivity contribution in [3.63, 3.8) is 0 Å². The quantitative estimate of drug-likeness (QED) is 0.360. The Labute approximate surface area is 170 Å². The highest BCUT2D eigenvalue weighted by Gasteiger charge is 2.16. The molecule has 2 aromatic carbocycles. The van der Waals surface area contributed by atoms with Crippen LogP contribution in [0.3, 0.4) is 0 Å². The molecule has 1 heterocycles. The fourth-order valence-electron chi connectivity index (χ4n) is 2.72. The number of methoxy groups -OCH3 is 1. The standard InChI is InChI=1S/C19H18N6O5/c1-11(20-22-19(27)13-7-8-16(26)17(9-13)30-3)18-12(2)24(23-21-18)14-5-4-6-15(10-14)25(28)29/h4-10,26H,1-3H3,(H,22,27). The Morgan fingerprint density at radius 1 is 1.30 bits per heavy atom. The smallest absolute Gasteiger partial charge is 0.271 e. The first-order chi connectivity index (χ1) is 14.3. The molecule has 3 aromatic rings. The molecule has 1 amide bonds. The molecule has 0 aliphatic heterocycles. The van der Waals surface area contributed by atoms with Crippen LogP contribution in [0.25, 0.3) is 5.69 Å². The first kappa shape index (κ1) is 20.5. The summed E-state index contributed by atoms with van der Waals surface area (Å²) >= 11 is 0. The molecule has 0 aliphatic rings. The maximum Gasteiger partial charge on any atom is 0.271 e. The number of benzene rings is 2. The Bertz CT molecular complexity index is 1150. The molecular weight excluding hydrogens is 392 g/mol. The van der Waals surface area contributed by atoms with E-state index in [1.54, 1.807) is 26.0 Å². The van der Waals surface area contributed by atoms with Crippen LogP contribution in [-0.2, 0) is 0 Å². The van der Waals surface area contributed by atoms with Gasteiger partial charge in [0, 0.05) is 17.7 Å². The van der Waals surface area contributed by atoms with E-state index < -0.39 is 10.8 Å². The minimum atomic E-state index is -0.503. The fraction of sp³-hybridized carbons (Fsp3) is 0.158. The number of aromatic hydroxyl groups is 1. The van der Waals surface area contributed by atoms with E-state index in [9.17, 15) is 20.0 Å². The van der Waals surface area contributed by atoms with Gasteiger partial charge >= 0.3 is 0 Å². The van der Waals surface area contributed by atoms with E-state index >= 15 is 0 Å². The van der Waals surface area contributed by atoms with E-state index in [4.69, 9.17) is 4.74 Å². The number of hydrogen-bond donors (Lipinski definition) is 2. The van der Waals surface area contributed by atoms with Crippen LogP contribution in [0, 0.1) is 17.0 Å². The minimum absolute atomic E-state index is 0.0640. The van der Waals surface area contributed by atoms with Crippen molar-refractivity contribution in [3.05, 3.63) is 69.5 Å². The van der Waals surface area contributed by atoms with Crippen LogP contribution < -0.4 is 10.2 Å². The zero-order chi connectivity index (χ0) is 21.8. The first-order valence-corrected chi connectivity index (χ1v) is 8.71. The second kappa shape index (κ2) is 8.39. The van der Waals surface area contributed by atoms with E-state index in [1.165, 1.54) is 42.1 Å². The SMILES string of the molecule is COc1cc(C(=O)NN=C(C)c2nnn(-c3cccc([N+](=O)[O-])c3)c2C)ccc1O. The number of rotatable bonds is 6. The van der Waals surface area contributed by atoms with Crippen LogP contribution in [0.1, 0.15) is 28.7 Å². The van der Waals surface area contributed by atoms with Gasteiger partial charge in [0.05, 0.1) is 29.1 Å². The molecule has 154 valence electrons. The Morgan fingerprint density at radius 3 is 2.77 bits per heavy atom.